The van der Waals surface area contributed by atoms with Gasteiger partial charge in [-0.05, 0) is 18.2 Å². The zero-order chi connectivity index (χ0) is 10.9. The van der Waals surface area contributed by atoms with Gasteiger partial charge in [-0.2, -0.15) is 0 Å². The Hall–Kier alpha value is 0.310. The maximum absolute atomic E-state index is 12.9. The van der Waals surface area contributed by atoms with Gasteiger partial charge in [0.2, 0.25) is 0 Å². The van der Waals surface area contributed by atoms with Crippen LogP contribution in [0.4, 0.5) is 4.39 Å². The van der Waals surface area contributed by atoms with E-state index in [1.54, 1.807) is 0 Å². The molecule has 0 saturated carbocycles. The summed E-state index contributed by atoms with van der Waals surface area (Å²) in [5, 5.41) is 8.99. The number of aliphatic hydroxyl groups is 1. The van der Waals surface area contributed by atoms with Gasteiger partial charge in [-0.25, -0.2) is 12.8 Å². The summed E-state index contributed by atoms with van der Waals surface area (Å²) in [6.07, 6.45) is 0. The third kappa shape index (κ3) is 3.99. The zero-order valence-electron chi connectivity index (χ0n) is 7.65. The number of halogens is 2. The molecule has 8 heteroatoms. The van der Waals surface area contributed by atoms with E-state index < -0.39 is 26.9 Å². The zero-order valence-corrected chi connectivity index (χ0v) is 11.2. The molecule has 1 aromatic rings. The Morgan fingerprint density at radius 3 is 2.47 bits per heavy atom. The van der Waals surface area contributed by atoms with Gasteiger partial charge < -0.3 is 9.66 Å². The Labute approximate surface area is 113 Å². The number of benzene rings is 1. The van der Waals surface area contributed by atoms with Crippen molar-refractivity contribution in [2.45, 2.75) is 5.44 Å². The van der Waals surface area contributed by atoms with Crippen LogP contribution in [0.25, 0.3) is 0 Å². The fourth-order valence-electron chi connectivity index (χ4n) is 0.859. The van der Waals surface area contributed by atoms with E-state index >= 15 is 0 Å². The Morgan fingerprint density at radius 1 is 1.47 bits per heavy atom. The molecule has 0 aliphatic carbocycles. The molecule has 15 heavy (non-hydrogen) atoms. The summed E-state index contributed by atoms with van der Waals surface area (Å²) in [6.45, 7) is 0. The van der Waals surface area contributed by atoms with Crippen LogP contribution in [0.1, 0.15) is 11.0 Å². The standard InChI is InChI=1S/C7H6ClFO4S.Na/c8-4-1-2-6(9)5(3-4)7(10)14(11,12)13;/h1-3,7,10H,(H,11,12,13);/q;+1/p-1. The first-order valence-corrected chi connectivity index (χ1v) is 5.25. The van der Waals surface area contributed by atoms with Crippen LogP contribution in [0.5, 0.6) is 0 Å². The second-order valence-electron chi connectivity index (χ2n) is 2.51. The molecule has 0 spiro atoms. The third-order valence-corrected chi connectivity index (χ3v) is 2.53. The molecule has 0 heterocycles. The van der Waals surface area contributed by atoms with Gasteiger partial charge in [-0.15, -0.1) is 0 Å². The van der Waals surface area contributed by atoms with Gasteiger partial charge in [0, 0.05) is 10.6 Å². The molecule has 1 rings (SSSR count). The predicted octanol–water partition coefficient (Wildman–Crippen LogP) is -1.98. The summed E-state index contributed by atoms with van der Waals surface area (Å²) in [7, 11) is -4.99. The van der Waals surface area contributed by atoms with Crippen molar-refractivity contribution in [3.8, 4) is 0 Å². The maximum Gasteiger partial charge on any atom is 1.00 e. The minimum Gasteiger partial charge on any atom is -0.746 e. The minimum absolute atomic E-state index is 0. The fraction of sp³-hybridized carbons (Fsp3) is 0.143. The Morgan fingerprint density at radius 2 is 2.00 bits per heavy atom. The monoisotopic (exact) mass is 262 g/mol. The molecule has 0 aromatic heterocycles. The Balaban J connectivity index is 0.00000196. The van der Waals surface area contributed by atoms with Crippen molar-refractivity contribution < 1.29 is 52.0 Å². The third-order valence-electron chi connectivity index (χ3n) is 1.50. The van der Waals surface area contributed by atoms with Crippen molar-refractivity contribution in [1.29, 1.82) is 0 Å². The van der Waals surface area contributed by atoms with Gasteiger partial charge in [0.15, 0.2) is 5.44 Å². The molecular formula is C7H5ClFNaO4S. The van der Waals surface area contributed by atoms with Crippen molar-refractivity contribution >= 4 is 21.7 Å². The van der Waals surface area contributed by atoms with Gasteiger partial charge in [0.25, 0.3) is 0 Å². The molecule has 1 N–H and O–H groups in total. The van der Waals surface area contributed by atoms with Crippen molar-refractivity contribution in [2.75, 3.05) is 0 Å². The van der Waals surface area contributed by atoms with E-state index in [1.807, 2.05) is 0 Å². The first kappa shape index (κ1) is 15.3. The van der Waals surface area contributed by atoms with Crippen LogP contribution in [0.2, 0.25) is 5.02 Å². The quantitative estimate of drug-likeness (QED) is 0.495. The number of hydrogen-bond donors (Lipinski definition) is 1. The molecule has 0 saturated heterocycles. The van der Waals surface area contributed by atoms with Gasteiger partial charge >= 0.3 is 29.6 Å². The molecule has 78 valence electrons. The average molecular weight is 263 g/mol. The molecule has 1 aromatic carbocycles. The first-order chi connectivity index (χ1) is 6.32. The largest absolute Gasteiger partial charge is 1.00 e. The first-order valence-electron chi connectivity index (χ1n) is 3.40. The van der Waals surface area contributed by atoms with E-state index in [2.05, 4.69) is 0 Å². The van der Waals surface area contributed by atoms with E-state index in [-0.39, 0.29) is 34.6 Å². The van der Waals surface area contributed by atoms with Crippen molar-refractivity contribution in [2.24, 2.45) is 0 Å². The summed E-state index contributed by atoms with van der Waals surface area (Å²) >= 11 is 5.44. The van der Waals surface area contributed by atoms with Crippen LogP contribution < -0.4 is 29.6 Å². The van der Waals surface area contributed by atoms with Crippen LogP contribution in [0.3, 0.4) is 0 Å². The molecule has 0 aliphatic rings. The molecule has 0 aliphatic heterocycles. The Bertz CT molecular complexity index is 450. The summed E-state index contributed by atoms with van der Waals surface area (Å²) in [5.74, 6) is -0.999. The second kappa shape index (κ2) is 5.58. The smallest absolute Gasteiger partial charge is 0.746 e. The maximum atomic E-state index is 12.9. The average Bonchev–Trinajstić information content (AvgIpc) is 2.06. The summed E-state index contributed by atoms with van der Waals surface area (Å²) in [6, 6.07) is 2.92. The molecule has 4 nitrogen and oxygen atoms in total. The molecular weight excluding hydrogens is 258 g/mol. The van der Waals surface area contributed by atoms with Crippen molar-refractivity contribution in [3.63, 3.8) is 0 Å². The molecule has 1 atom stereocenters. The van der Waals surface area contributed by atoms with Crippen molar-refractivity contribution in [1.82, 2.24) is 0 Å². The SMILES string of the molecule is O=S(=O)([O-])C(O)c1cc(Cl)ccc1F.[Na+]. The normalized spacial score (nSPS) is 13.1. The second-order valence-corrected chi connectivity index (χ2v) is 4.38. The molecule has 0 bridgehead atoms. The topological polar surface area (TPSA) is 77.4 Å². The van der Waals surface area contributed by atoms with Gasteiger partial charge in [-0.3, -0.25) is 0 Å². The van der Waals surface area contributed by atoms with Crippen LogP contribution >= 0.6 is 11.6 Å². The van der Waals surface area contributed by atoms with Crippen LogP contribution in [0.15, 0.2) is 18.2 Å². The summed E-state index contributed by atoms with van der Waals surface area (Å²) in [5.41, 5.74) is -3.08. The minimum atomic E-state index is -4.99. The fourth-order valence-corrected chi connectivity index (χ4v) is 1.53. The van der Waals surface area contributed by atoms with E-state index in [0.29, 0.717) is 0 Å². The van der Waals surface area contributed by atoms with E-state index in [9.17, 15) is 17.4 Å². The van der Waals surface area contributed by atoms with E-state index in [4.69, 9.17) is 16.7 Å². The number of hydrogen-bond acceptors (Lipinski definition) is 4. The van der Waals surface area contributed by atoms with E-state index in [1.165, 1.54) is 6.07 Å². The number of rotatable bonds is 2. The van der Waals surface area contributed by atoms with Crippen LogP contribution in [-0.4, -0.2) is 18.1 Å². The Kier molecular flexibility index (Phi) is 5.70. The number of aliphatic hydroxyl groups excluding tert-OH is 1. The van der Waals surface area contributed by atoms with Crippen LogP contribution in [0, 0.1) is 5.82 Å². The van der Waals surface area contributed by atoms with Gasteiger partial charge in [-0.1, -0.05) is 11.6 Å². The van der Waals surface area contributed by atoms with Gasteiger partial charge in [0.1, 0.15) is 15.9 Å². The van der Waals surface area contributed by atoms with Gasteiger partial charge in [0.05, 0.1) is 0 Å². The summed E-state index contributed by atoms with van der Waals surface area (Å²) in [4.78, 5) is 0. The molecule has 0 radical (unpaired) electrons. The van der Waals surface area contributed by atoms with E-state index in [0.717, 1.165) is 12.1 Å². The van der Waals surface area contributed by atoms with Crippen LogP contribution in [-0.2, 0) is 10.1 Å². The summed E-state index contributed by atoms with van der Waals surface area (Å²) < 4.78 is 44.1. The van der Waals surface area contributed by atoms with Crippen molar-refractivity contribution in [3.05, 3.63) is 34.6 Å². The molecule has 1 unspecified atom stereocenters. The predicted molar refractivity (Wildman–Crippen MR) is 46.1 cm³/mol. The molecule has 0 fully saturated rings. The molecule has 0 amide bonds.